The Labute approximate surface area is 91.9 Å². The summed E-state index contributed by atoms with van der Waals surface area (Å²) in [6.07, 6.45) is 3.41. The van der Waals surface area contributed by atoms with Crippen molar-refractivity contribution in [2.45, 2.75) is 53.1 Å². The predicted molar refractivity (Wildman–Crippen MR) is 61.4 cm³/mol. The van der Waals surface area contributed by atoms with E-state index in [1.807, 2.05) is 4.68 Å². The number of rotatable bonds is 6. The minimum atomic E-state index is 0.497. The van der Waals surface area contributed by atoms with Gasteiger partial charge in [0.25, 0.3) is 0 Å². The average molecular weight is 210 g/mol. The van der Waals surface area contributed by atoms with Crippen molar-refractivity contribution in [2.24, 2.45) is 11.7 Å². The molecular formula is C11H22N4. The minimum absolute atomic E-state index is 0.497. The van der Waals surface area contributed by atoms with E-state index in [0.717, 1.165) is 18.7 Å². The molecule has 0 fully saturated rings. The van der Waals surface area contributed by atoms with Crippen LogP contribution < -0.4 is 5.73 Å². The third-order valence-electron chi connectivity index (χ3n) is 2.42. The predicted octanol–water partition coefficient (Wildman–Crippen LogP) is 1.74. The Kier molecular flexibility index (Phi) is 4.75. The largest absolute Gasteiger partial charge is 0.325 e. The normalized spacial score (nSPS) is 11.3. The number of unbranched alkanes of at least 4 members (excludes halogenated alkanes) is 1. The van der Waals surface area contributed by atoms with Crippen LogP contribution in [0.5, 0.6) is 0 Å². The molecule has 0 aliphatic rings. The first-order valence-electron chi connectivity index (χ1n) is 5.80. The molecule has 0 aromatic carbocycles. The molecule has 0 spiro atoms. The quantitative estimate of drug-likeness (QED) is 0.778. The molecule has 1 rings (SSSR count). The van der Waals surface area contributed by atoms with Crippen molar-refractivity contribution in [3.8, 4) is 0 Å². The lowest BCUT2D eigenvalue weighted by atomic mass is 10.1. The highest BCUT2D eigenvalue weighted by atomic mass is 15.4. The zero-order valence-corrected chi connectivity index (χ0v) is 10.0. The van der Waals surface area contributed by atoms with Crippen LogP contribution >= 0.6 is 0 Å². The van der Waals surface area contributed by atoms with Crippen molar-refractivity contribution < 1.29 is 0 Å². The molecule has 0 radical (unpaired) electrons. The van der Waals surface area contributed by atoms with Gasteiger partial charge < -0.3 is 5.73 Å². The minimum Gasteiger partial charge on any atom is -0.325 e. The maximum atomic E-state index is 5.65. The Hall–Kier alpha value is -0.900. The molecule has 0 atom stereocenters. The summed E-state index contributed by atoms with van der Waals surface area (Å²) in [5, 5.41) is 8.30. The number of hydrogen-bond donors (Lipinski definition) is 1. The summed E-state index contributed by atoms with van der Waals surface area (Å²) in [7, 11) is 0. The second-order valence-electron chi connectivity index (χ2n) is 4.37. The summed E-state index contributed by atoms with van der Waals surface area (Å²) in [5.41, 5.74) is 7.84. The van der Waals surface area contributed by atoms with E-state index in [0.29, 0.717) is 12.5 Å². The Morgan fingerprint density at radius 3 is 2.67 bits per heavy atom. The van der Waals surface area contributed by atoms with E-state index in [1.54, 1.807) is 0 Å². The lowest BCUT2D eigenvalue weighted by Crippen LogP contribution is -2.11. The number of aromatic nitrogens is 3. The fraction of sp³-hybridized carbons (Fsp3) is 0.818. The molecule has 2 N–H and O–H groups in total. The maximum Gasteiger partial charge on any atom is 0.0994 e. The molecular weight excluding hydrogens is 188 g/mol. The van der Waals surface area contributed by atoms with Crippen molar-refractivity contribution in [2.75, 3.05) is 0 Å². The van der Waals surface area contributed by atoms with Crippen LogP contribution in [-0.4, -0.2) is 15.0 Å². The van der Waals surface area contributed by atoms with Gasteiger partial charge in [-0.25, -0.2) is 4.68 Å². The van der Waals surface area contributed by atoms with Gasteiger partial charge in [-0.15, -0.1) is 5.10 Å². The Balaban J connectivity index is 2.79. The highest BCUT2D eigenvalue weighted by molar-refractivity contribution is 5.10. The molecule has 0 aliphatic carbocycles. The van der Waals surface area contributed by atoms with Crippen LogP contribution in [0.25, 0.3) is 0 Å². The monoisotopic (exact) mass is 210 g/mol. The Morgan fingerprint density at radius 1 is 1.40 bits per heavy atom. The smallest absolute Gasteiger partial charge is 0.0994 e. The second kappa shape index (κ2) is 5.85. The average Bonchev–Trinajstić information content (AvgIpc) is 2.56. The highest BCUT2D eigenvalue weighted by Crippen LogP contribution is 2.11. The van der Waals surface area contributed by atoms with Gasteiger partial charge in [0, 0.05) is 13.1 Å². The number of nitrogens with zero attached hydrogens (tertiary/aromatic N) is 3. The molecule has 4 heteroatoms. The zero-order chi connectivity index (χ0) is 11.3. The Bertz CT molecular complexity index is 291. The topological polar surface area (TPSA) is 56.7 Å². The molecule has 15 heavy (non-hydrogen) atoms. The summed E-state index contributed by atoms with van der Waals surface area (Å²) in [6, 6.07) is 0. The molecule has 0 saturated heterocycles. The van der Waals surface area contributed by atoms with Gasteiger partial charge in [0.05, 0.1) is 11.4 Å². The lowest BCUT2D eigenvalue weighted by molar-refractivity contribution is 0.456. The molecule has 0 aliphatic heterocycles. The van der Waals surface area contributed by atoms with Gasteiger partial charge in [0.1, 0.15) is 0 Å². The summed E-state index contributed by atoms with van der Waals surface area (Å²) in [6.45, 7) is 8.00. The molecule has 0 unspecified atom stereocenters. The molecule has 1 heterocycles. The first-order valence-corrected chi connectivity index (χ1v) is 5.80. The van der Waals surface area contributed by atoms with E-state index >= 15 is 0 Å². The third kappa shape index (κ3) is 3.30. The van der Waals surface area contributed by atoms with Gasteiger partial charge in [-0.1, -0.05) is 32.4 Å². The zero-order valence-electron chi connectivity index (χ0n) is 10.0. The van der Waals surface area contributed by atoms with Crippen molar-refractivity contribution in [3.05, 3.63) is 11.4 Å². The van der Waals surface area contributed by atoms with Gasteiger partial charge >= 0.3 is 0 Å². The van der Waals surface area contributed by atoms with Crippen molar-refractivity contribution >= 4 is 0 Å². The van der Waals surface area contributed by atoms with E-state index in [4.69, 9.17) is 5.73 Å². The van der Waals surface area contributed by atoms with E-state index in [9.17, 15) is 0 Å². The first-order chi connectivity index (χ1) is 7.19. The maximum absolute atomic E-state index is 5.65. The fourth-order valence-corrected chi connectivity index (χ4v) is 1.64. The van der Waals surface area contributed by atoms with E-state index in [1.165, 1.54) is 18.5 Å². The summed E-state index contributed by atoms with van der Waals surface area (Å²) in [4.78, 5) is 0. The van der Waals surface area contributed by atoms with Crippen LogP contribution in [-0.2, 0) is 19.5 Å². The Morgan fingerprint density at radius 2 is 2.13 bits per heavy atom. The van der Waals surface area contributed by atoms with Crippen LogP contribution in [0.4, 0.5) is 0 Å². The van der Waals surface area contributed by atoms with Gasteiger partial charge in [-0.05, 0) is 18.8 Å². The SMILES string of the molecule is CCCCc1c(CN)nnn1CC(C)C. The molecule has 1 aromatic heterocycles. The molecule has 4 nitrogen and oxygen atoms in total. The van der Waals surface area contributed by atoms with Crippen LogP contribution in [0.1, 0.15) is 45.0 Å². The molecule has 0 amide bonds. The number of nitrogens with two attached hydrogens (primary N) is 1. The van der Waals surface area contributed by atoms with Crippen LogP contribution in [0, 0.1) is 5.92 Å². The van der Waals surface area contributed by atoms with E-state index < -0.39 is 0 Å². The third-order valence-corrected chi connectivity index (χ3v) is 2.42. The van der Waals surface area contributed by atoms with E-state index in [-0.39, 0.29) is 0 Å². The lowest BCUT2D eigenvalue weighted by Gasteiger charge is -2.09. The van der Waals surface area contributed by atoms with Crippen LogP contribution in [0.2, 0.25) is 0 Å². The van der Waals surface area contributed by atoms with E-state index in [2.05, 4.69) is 31.1 Å². The fourth-order valence-electron chi connectivity index (χ4n) is 1.64. The van der Waals surface area contributed by atoms with Gasteiger partial charge in [0.2, 0.25) is 0 Å². The standard InChI is InChI=1S/C11H22N4/c1-4-5-6-11-10(7-12)13-14-15(11)8-9(2)3/h9H,4-8,12H2,1-3H3. The van der Waals surface area contributed by atoms with Crippen molar-refractivity contribution in [1.29, 1.82) is 0 Å². The highest BCUT2D eigenvalue weighted by Gasteiger charge is 2.11. The van der Waals surface area contributed by atoms with Crippen LogP contribution in [0.3, 0.4) is 0 Å². The summed E-state index contributed by atoms with van der Waals surface area (Å²) >= 11 is 0. The summed E-state index contributed by atoms with van der Waals surface area (Å²) < 4.78 is 2.02. The molecule has 86 valence electrons. The van der Waals surface area contributed by atoms with Crippen molar-refractivity contribution in [1.82, 2.24) is 15.0 Å². The second-order valence-corrected chi connectivity index (χ2v) is 4.37. The van der Waals surface area contributed by atoms with Crippen molar-refractivity contribution in [3.63, 3.8) is 0 Å². The molecule has 0 bridgehead atoms. The van der Waals surface area contributed by atoms with Gasteiger partial charge in [0.15, 0.2) is 0 Å². The summed E-state index contributed by atoms with van der Waals surface area (Å²) in [5.74, 6) is 0.595. The first kappa shape index (κ1) is 12.2. The molecule has 1 aromatic rings. The van der Waals surface area contributed by atoms with Crippen LogP contribution in [0.15, 0.2) is 0 Å². The van der Waals surface area contributed by atoms with Gasteiger partial charge in [-0.3, -0.25) is 0 Å². The molecule has 0 saturated carbocycles. The van der Waals surface area contributed by atoms with Gasteiger partial charge in [-0.2, -0.15) is 0 Å². The number of hydrogen-bond acceptors (Lipinski definition) is 3.